The molecular weight excluding hydrogens is 418 g/mol. The van der Waals surface area contributed by atoms with Gasteiger partial charge in [-0.3, -0.25) is 9.48 Å². The van der Waals surface area contributed by atoms with Crippen molar-refractivity contribution in [2.45, 2.75) is 50.7 Å². The highest BCUT2D eigenvalue weighted by Crippen LogP contribution is 2.58. The van der Waals surface area contributed by atoms with Gasteiger partial charge in [0.05, 0.1) is 35.3 Å². The van der Waals surface area contributed by atoms with Crippen LogP contribution in [0, 0.1) is 0 Å². The van der Waals surface area contributed by atoms with Gasteiger partial charge in [-0.25, -0.2) is 4.98 Å². The molecule has 33 heavy (non-hydrogen) atoms. The van der Waals surface area contributed by atoms with Crippen LogP contribution < -0.4 is 10.1 Å². The number of imidazole rings is 1. The lowest BCUT2D eigenvalue weighted by atomic mass is 9.62. The van der Waals surface area contributed by atoms with E-state index in [0.717, 1.165) is 35.1 Å². The van der Waals surface area contributed by atoms with Crippen molar-refractivity contribution in [2.75, 3.05) is 11.9 Å². The van der Waals surface area contributed by atoms with E-state index in [1.165, 1.54) is 0 Å². The van der Waals surface area contributed by atoms with E-state index in [-0.39, 0.29) is 23.0 Å². The molecule has 1 aliphatic carbocycles. The SMILES string of the molecule is CC(C)Oc1cc2nc(C34COC(C)(C3)C4)cn2cc1C(=O)Nc1cccc2cn(C)nc12. The van der Waals surface area contributed by atoms with Crippen LogP contribution in [0.4, 0.5) is 5.69 Å². The molecule has 0 atom stereocenters. The van der Waals surface area contributed by atoms with Crippen LogP contribution >= 0.6 is 0 Å². The summed E-state index contributed by atoms with van der Waals surface area (Å²) in [6.45, 7) is 6.75. The largest absolute Gasteiger partial charge is 0.490 e. The lowest BCUT2D eigenvalue weighted by molar-refractivity contribution is 0.0154. The number of aryl methyl sites for hydroxylation is 1. The maximum absolute atomic E-state index is 13.4. The summed E-state index contributed by atoms with van der Waals surface area (Å²) in [5.74, 6) is 0.263. The Kier molecular flexibility index (Phi) is 4.17. The van der Waals surface area contributed by atoms with Gasteiger partial charge >= 0.3 is 0 Å². The molecule has 2 saturated heterocycles. The monoisotopic (exact) mass is 445 g/mol. The number of hydrogen-bond acceptors (Lipinski definition) is 5. The number of ether oxygens (including phenoxy) is 2. The average molecular weight is 446 g/mol. The van der Waals surface area contributed by atoms with Gasteiger partial charge in [-0.05, 0) is 39.7 Å². The number of nitrogens with zero attached hydrogens (tertiary/aromatic N) is 4. The Balaban J connectivity index is 1.39. The van der Waals surface area contributed by atoms with Crippen LogP contribution in [-0.4, -0.2) is 43.4 Å². The summed E-state index contributed by atoms with van der Waals surface area (Å²) in [6.07, 6.45) is 7.65. The highest BCUT2D eigenvalue weighted by Gasteiger charge is 2.61. The molecule has 5 heterocycles. The summed E-state index contributed by atoms with van der Waals surface area (Å²) in [5, 5.41) is 8.48. The molecule has 8 nitrogen and oxygen atoms in total. The molecule has 1 aromatic carbocycles. The number of anilines is 1. The topological polar surface area (TPSA) is 82.7 Å². The Bertz CT molecular complexity index is 1410. The molecule has 0 unspecified atom stereocenters. The van der Waals surface area contributed by atoms with Crippen LogP contribution in [0.25, 0.3) is 16.6 Å². The summed E-state index contributed by atoms with van der Waals surface area (Å²) in [5.41, 5.74) is 3.61. The molecule has 4 aromatic rings. The number of carbonyl (C=O) groups is 1. The van der Waals surface area contributed by atoms with Crippen LogP contribution in [0.5, 0.6) is 5.75 Å². The van der Waals surface area contributed by atoms with Gasteiger partial charge in [-0.1, -0.05) is 12.1 Å². The van der Waals surface area contributed by atoms with Gasteiger partial charge in [0.15, 0.2) is 0 Å². The number of carbonyl (C=O) groups excluding carboxylic acids is 1. The normalized spacial score (nSPS) is 23.9. The van der Waals surface area contributed by atoms with E-state index in [1.54, 1.807) is 4.68 Å². The predicted molar refractivity (Wildman–Crippen MR) is 125 cm³/mol. The standard InChI is InChI=1S/C25H27N5O3/c1-15(2)33-19-8-21-27-20(25-12-24(3,13-25)32-14-25)11-30(21)10-17(19)23(31)26-18-7-5-6-16-9-29(4)28-22(16)18/h5-11,15H,12-14H2,1-4H3,(H,26,31). The Labute approximate surface area is 191 Å². The number of pyridine rings is 1. The summed E-state index contributed by atoms with van der Waals surface area (Å²) >= 11 is 0. The van der Waals surface area contributed by atoms with Crippen molar-refractivity contribution in [3.05, 3.63) is 54.1 Å². The molecular formula is C25H27N5O3. The van der Waals surface area contributed by atoms with E-state index < -0.39 is 0 Å². The molecule has 0 spiro atoms. The maximum atomic E-state index is 13.4. The fraction of sp³-hybridized carbons (Fsp3) is 0.400. The third kappa shape index (κ3) is 3.20. The zero-order chi connectivity index (χ0) is 23.0. The van der Waals surface area contributed by atoms with Crippen LogP contribution in [0.1, 0.15) is 49.7 Å². The van der Waals surface area contributed by atoms with Crippen molar-refractivity contribution in [3.63, 3.8) is 0 Å². The van der Waals surface area contributed by atoms with Gasteiger partial charge in [0.2, 0.25) is 0 Å². The molecule has 1 N–H and O–H groups in total. The highest BCUT2D eigenvalue weighted by atomic mass is 16.5. The van der Waals surface area contributed by atoms with Crippen LogP contribution in [0.3, 0.4) is 0 Å². The minimum Gasteiger partial charge on any atom is -0.490 e. The van der Waals surface area contributed by atoms with E-state index in [9.17, 15) is 4.79 Å². The summed E-state index contributed by atoms with van der Waals surface area (Å²) in [6, 6.07) is 7.59. The van der Waals surface area contributed by atoms with Crippen LogP contribution in [0.2, 0.25) is 0 Å². The van der Waals surface area contributed by atoms with Crippen molar-refractivity contribution in [2.24, 2.45) is 7.05 Å². The first-order chi connectivity index (χ1) is 15.7. The van der Waals surface area contributed by atoms with E-state index in [1.807, 2.05) is 68.2 Å². The minimum atomic E-state index is -0.250. The zero-order valence-corrected chi connectivity index (χ0v) is 19.3. The van der Waals surface area contributed by atoms with Crippen LogP contribution in [0.15, 0.2) is 42.9 Å². The quantitative estimate of drug-likeness (QED) is 0.501. The van der Waals surface area contributed by atoms with Gasteiger partial charge in [0, 0.05) is 42.5 Å². The number of rotatable bonds is 5. The molecule has 3 aromatic heterocycles. The number of nitrogens with one attached hydrogen (secondary N) is 1. The number of benzene rings is 1. The van der Waals surface area contributed by atoms with Crippen LogP contribution in [-0.2, 0) is 17.2 Å². The first-order valence-corrected chi connectivity index (χ1v) is 11.3. The van der Waals surface area contributed by atoms with Gasteiger partial charge in [-0.15, -0.1) is 0 Å². The van der Waals surface area contributed by atoms with Crippen molar-refractivity contribution >= 4 is 28.1 Å². The van der Waals surface area contributed by atoms with Gasteiger partial charge in [0.25, 0.3) is 5.91 Å². The lowest BCUT2D eigenvalue weighted by Gasteiger charge is -2.41. The van der Waals surface area contributed by atoms with E-state index in [2.05, 4.69) is 17.3 Å². The number of hydrogen-bond donors (Lipinski definition) is 1. The number of fused-ring (bicyclic) bond motifs is 3. The lowest BCUT2D eigenvalue weighted by Crippen LogP contribution is -2.45. The van der Waals surface area contributed by atoms with Crippen molar-refractivity contribution in [1.82, 2.24) is 19.2 Å². The molecule has 170 valence electrons. The number of amides is 1. The molecule has 2 bridgehead atoms. The molecule has 1 amide bonds. The fourth-order valence-electron chi connectivity index (χ4n) is 5.40. The maximum Gasteiger partial charge on any atom is 0.261 e. The van der Waals surface area contributed by atoms with Crippen molar-refractivity contribution in [3.8, 4) is 5.75 Å². The molecule has 2 aliphatic heterocycles. The minimum absolute atomic E-state index is 0.0146. The third-order valence-electron chi connectivity index (χ3n) is 6.73. The first kappa shape index (κ1) is 20.2. The Hall–Kier alpha value is -3.39. The van der Waals surface area contributed by atoms with E-state index in [0.29, 0.717) is 23.6 Å². The average Bonchev–Trinajstić information content (AvgIpc) is 3.47. The second-order valence-corrected chi connectivity index (χ2v) is 9.98. The zero-order valence-electron chi connectivity index (χ0n) is 19.3. The van der Waals surface area contributed by atoms with Crippen molar-refractivity contribution < 1.29 is 14.3 Å². The Morgan fingerprint density at radius 3 is 2.79 bits per heavy atom. The smallest absolute Gasteiger partial charge is 0.261 e. The van der Waals surface area contributed by atoms with Gasteiger partial charge < -0.3 is 19.2 Å². The first-order valence-electron chi connectivity index (χ1n) is 11.3. The molecule has 3 aliphatic rings. The van der Waals surface area contributed by atoms with Gasteiger partial charge in [-0.2, -0.15) is 5.10 Å². The third-order valence-corrected chi connectivity index (χ3v) is 6.73. The highest BCUT2D eigenvalue weighted by molar-refractivity contribution is 6.09. The Morgan fingerprint density at radius 2 is 2.06 bits per heavy atom. The molecule has 8 heteroatoms. The summed E-state index contributed by atoms with van der Waals surface area (Å²) in [4.78, 5) is 18.3. The predicted octanol–water partition coefficient (Wildman–Crippen LogP) is 4.08. The summed E-state index contributed by atoms with van der Waals surface area (Å²) in [7, 11) is 1.87. The van der Waals surface area contributed by atoms with Crippen molar-refractivity contribution in [1.29, 1.82) is 0 Å². The Morgan fingerprint density at radius 1 is 1.24 bits per heavy atom. The van der Waals surface area contributed by atoms with Gasteiger partial charge in [0.1, 0.15) is 16.9 Å². The fourth-order valence-corrected chi connectivity index (χ4v) is 5.40. The number of aromatic nitrogens is 4. The molecule has 7 rings (SSSR count). The van der Waals surface area contributed by atoms with E-state index in [4.69, 9.17) is 14.5 Å². The van der Waals surface area contributed by atoms with E-state index >= 15 is 0 Å². The molecule has 1 saturated carbocycles. The molecule has 3 fully saturated rings. The summed E-state index contributed by atoms with van der Waals surface area (Å²) < 4.78 is 15.7. The second-order valence-electron chi connectivity index (χ2n) is 9.98. The molecule has 0 radical (unpaired) electrons. The second kappa shape index (κ2) is 6.81.